The molecule has 102 valence electrons. The monoisotopic (exact) mass is 256 g/mol. The summed E-state index contributed by atoms with van der Waals surface area (Å²) in [5.74, 6) is 6.36. The molecule has 3 N–H and O–H groups in total. The van der Waals surface area contributed by atoms with Crippen molar-refractivity contribution in [1.82, 2.24) is 15.2 Å². The number of aromatic nitrogens is 2. The highest BCUT2D eigenvalue weighted by Crippen LogP contribution is 2.29. The van der Waals surface area contributed by atoms with Gasteiger partial charge in [-0.15, -0.1) is 0 Å². The Labute approximate surface area is 106 Å². The highest BCUT2D eigenvalue weighted by Gasteiger charge is 2.31. The zero-order valence-corrected chi connectivity index (χ0v) is 10.8. The van der Waals surface area contributed by atoms with Gasteiger partial charge in [-0.05, 0) is 6.92 Å². The maximum absolute atomic E-state index is 5.69. The fourth-order valence-corrected chi connectivity index (χ4v) is 2.16. The lowest BCUT2D eigenvalue weighted by atomic mass is 10.1. The second-order valence-electron chi connectivity index (χ2n) is 4.04. The van der Waals surface area contributed by atoms with Gasteiger partial charge in [0.15, 0.2) is 5.75 Å². The van der Waals surface area contributed by atoms with Crippen LogP contribution in [0.3, 0.4) is 0 Å². The van der Waals surface area contributed by atoms with E-state index in [1.807, 2.05) is 11.6 Å². The van der Waals surface area contributed by atoms with Crippen LogP contribution in [0, 0.1) is 0 Å². The molecule has 1 aromatic heterocycles. The molecule has 2 rings (SSSR count). The molecule has 0 saturated carbocycles. The van der Waals surface area contributed by atoms with Crippen LogP contribution in [0.5, 0.6) is 5.75 Å². The summed E-state index contributed by atoms with van der Waals surface area (Å²) in [7, 11) is 1.62. The first-order chi connectivity index (χ1) is 8.81. The minimum atomic E-state index is -0.206. The second-order valence-corrected chi connectivity index (χ2v) is 4.04. The van der Waals surface area contributed by atoms with E-state index in [9.17, 15) is 0 Å². The number of hydrazine groups is 1. The first kappa shape index (κ1) is 13.3. The number of nitrogens with zero attached hydrogens (tertiary/aromatic N) is 2. The van der Waals surface area contributed by atoms with E-state index in [1.165, 1.54) is 0 Å². The highest BCUT2D eigenvalue weighted by molar-refractivity contribution is 5.29. The summed E-state index contributed by atoms with van der Waals surface area (Å²) in [6.45, 7) is 4.46. The lowest BCUT2D eigenvalue weighted by Crippen LogP contribution is -2.44. The van der Waals surface area contributed by atoms with Gasteiger partial charge in [-0.2, -0.15) is 5.10 Å². The van der Waals surface area contributed by atoms with Gasteiger partial charge in [0.2, 0.25) is 0 Å². The third kappa shape index (κ3) is 2.49. The predicted molar refractivity (Wildman–Crippen MR) is 65.1 cm³/mol. The quantitative estimate of drug-likeness (QED) is 0.562. The summed E-state index contributed by atoms with van der Waals surface area (Å²) >= 11 is 0. The van der Waals surface area contributed by atoms with E-state index < -0.39 is 0 Å². The van der Waals surface area contributed by atoms with Gasteiger partial charge in [-0.25, -0.2) is 5.43 Å². The SMILES string of the molecule is CCn1ncc(OC)c1C(NN)C1COCCO1. The Morgan fingerprint density at radius 2 is 2.50 bits per heavy atom. The molecule has 18 heavy (non-hydrogen) atoms. The van der Waals surface area contributed by atoms with E-state index in [0.29, 0.717) is 25.6 Å². The largest absolute Gasteiger partial charge is 0.493 e. The van der Waals surface area contributed by atoms with Crippen LogP contribution in [-0.4, -0.2) is 42.8 Å². The van der Waals surface area contributed by atoms with Crippen LogP contribution in [0.25, 0.3) is 0 Å². The standard InChI is InChI=1S/C11H20N4O3/c1-3-15-11(8(16-2)6-13-15)10(14-12)9-7-17-4-5-18-9/h6,9-10,14H,3-5,7,12H2,1-2H3. The molecule has 0 aliphatic carbocycles. The minimum absolute atomic E-state index is 0.139. The number of aryl methyl sites for hydroxylation is 1. The average Bonchev–Trinajstić information content (AvgIpc) is 2.84. The topological polar surface area (TPSA) is 83.6 Å². The number of ether oxygens (including phenoxy) is 3. The first-order valence-corrected chi connectivity index (χ1v) is 6.07. The molecule has 7 heteroatoms. The van der Waals surface area contributed by atoms with Gasteiger partial charge in [0, 0.05) is 6.54 Å². The number of hydrogen-bond donors (Lipinski definition) is 2. The summed E-state index contributed by atoms with van der Waals surface area (Å²) < 4.78 is 18.3. The van der Waals surface area contributed by atoms with Crippen molar-refractivity contribution in [2.75, 3.05) is 26.9 Å². The number of methoxy groups -OCH3 is 1. The number of hydrogen-bond acceptors (Lipinski definition) is 6. The van der Waals surface area contributed by atoms with E-state index in [2.05, 4.69) is 10.5 Å². The van der Waals surface area contributed by atoms with Crippen molar-refractivity contribution < 1.29 is 14.2 Å². The molecule has 1 fully saturated rings. The molecule has 7 nitrogen and oxygen atoms in total. The molecule has 0 bridgehead atoms. The van der Waals surface area contributed by atoms with Crippen molar-refractivity contribution in [1.29, 1.82) is 0 Å². The summed E-state index contributed by atoms with van der Waals surface area (Å²) in [5.41, 5.74) is 3.66. The fourth-order valence-electron chi connectivity index (χ4n) is 2.16. The Hall–Kier alpha value is -1.15. The minimum Gasteiger partial charge on any atom is -0.493 e. The van der Waals surface area contributed by atoms with Crippen LogP contribution < -0.4 is 16.0 Å². The molecule has 1 aromatic rings. The molecule has 1 aliphatic heterocycles. The Bertz CT molecular complexity index is 355. The lowest BCUT2D eigenvalue weighted by molar-refractivity contribution is -0.103. The highest BCUT2D eigenvalue weighted by atomic mass is 16.6. The number of nitrogens with one attached hydrogen (secondary N) is 1. The third-order valence-corrected chi connectivity index (χ3v) is 3.05. The third-order valence-electron chi connectivity index (χ3n) is 3.05. The lowest BCUT2D eigenvalue weighted by Gasteiger charge is -2.30. The molecule has 2 unspecified atom stereocenters. The van der Waals surface area contributed by atoms with Crippen molar-refractivity contribution in [3.8, 4) is 5.75 Å². The Morgan fingerprint density at radius 3 is 3.06 bits per heavy atom. The van der Waals surface area contributed by atoms with Crippen LogP contribution in [0.4, 0.5) is 0 Å². The van der Waals surface area contributed by atoms with Gasteiger partial charge in [0.05, 0.1) is 39.2 Å². The molecule has 2 heterocycles. The van der Waals surface area contributed by atoms with Crippen LogP contribution in [0.1, 0.15) is 18.7 Å². The molecule has 0 spiro atoms. The van der Waals surface area contributed by atoms with Gasteiger partial charge in [0.1, 0.15) is 11.8 Å². The average molecular weight is 256 g/mol. The number of rotatable bonds is 5. The van der Waals surface area contributed by atoms with E-state index in [0.717, 1.165) is 12.2 Å². The Balaban J connectivity index is 2.27. The van der Waals surface area contributed by atoms with Gasteiger partial charge in [0.25, 0.3) is 0 Å². The van der Waals surface area contributed by atoms with Crippen molar-refractivity contribution in [2.45, 2.75) is 25.6 Å². The molecule has 0 radical (unpaired) electrons. The summed E-state index contributed by atoms with van der Waals surface area (Å²) in [6, 6.07) is -0.206. The van der Waals surface area contributed by atoms with Crippen molar-refractivity contribution >= 4 is 0 Å². The van der Waals surface area contributed by atoms with E-state index >= 15 is 0 Å². The van der Waals surface area contributed by atoms with Gasteiger partial charge >= 0.3 is 0 Å². The summed E-state index contributed by atoms with van der Waals surface area (Å²) in [6.07, 6.45) is 1.55. The van der Waals surface area contributed by atoms with Crippen molar-refractivity contribution in [3.05, 3.63) is 11.9 Å². The summed E-state index contributed by atoms with van der Waals surface area (Å²) in [5, 5.41) is 4.27. The first-order valence-electron chi connectivity index (χ1n) is 6.07. The molecule has 0 amide bonds. The summed E-state index contributed by atoms with van der Waals surface area (Å²) in [4.78, 5) is 0. The number of nitrogens with two attached hydrogens (primary N) is 1. The second kappa shape index (κ2) is 6.14. The van der Waals surface area contributed by atoms with E-state index in [4.69, 9.17) is 20.1 Å². The molecule has 2 atom stereocenters. The van der Waals surface area contributed by atoms with E-state index in [-0.39, 0.29) is 12.1 Å². The zero-order valence-electron chi connectivity index (χ0n) is 10.8. The van der Waals surface area contributed by atoms with Gasteiger partial charge in [-0.1, -0.05) is 0 Å². The van der Waals surface area contributed by atoms with Gasteiger partial charge < -0.3 is 14.2 Å². The molecular formula is C11H20N4O3. The van der Waals surface area contributed by atoms with Gasteiger partial charge in [-0.3, -0.25) is 10.5 Å². The molecular weight excluding hydrogens is 236 g/mol. The molecule has 0 aromatic carbocycles. The van der Waals surface area contributed by atoms with Crippen LogP contribution in [0.15, 0.2) is 6.20 Å². The van der Waals surface area contributed by atoms with Crippen LogP contribution in [-0.2, 0) is 16.0 Å². The molecule has 1 aliphatic rings. The fraction of sp³-hybridized carbons (Fsp3) is 0.727. The zero-order chi connectivity index (χ0) is 13.0. The Morgan fingerprint density at radius 1 is 1.67 bits per heavy atom. The smallest absolute Gasteiger partial charge is 0.161 e. The maximum Gasteiger partial charge on any atom is 0.161 e. The van der Waals surface area contributed by atoms with Crippen LogP contribution in [0.2, 0.25) is 0 Å². The van der Waals surface area contributed by atoms with Crippen LogP contribution >= 0.6 is 0 Å². The molecule has 1 saturated heterocycles. The normalized spacial score (nSPS) is 21.8. The maximum atomic E-state index is 5.69. The predicted octanol–water partition coefficient (Wildman–Crippen LogP) is -0.169. The Kier molecular flexibility index (Phi) is 4.54. The van der Waals surface area contributed by atoms with E-state index in [1.54, 1.807) is 13.3 Å². The van der Waals surface area contributed by atoms with Crippen molar-refractivity contribution in [2.24, 2.45) is 5.84 Å². The van der Waals surface area contributed by atoms with Crippen molar-refractivity contribution in [3.63, 3.8) is 0 Å².